The predicted molar refractivity (Wildman–Crippen MR) is 211 cm³/mol. The molecule has 3 fully saturated rings. The summed E-state index contributed by atoms with van der Waals surface area (Å²) < 4.78 is 39.3. The average molecular weight is 941 g/mol. The van der Waals surface area contributed by atoms with E-state index in [2.05, 4.69) is 20.4 Å². The Balaban J connectivity index is 1.58. The number of unbranched alkanes of at least 4 members (excludes halogenated alkanes) is 5. The Kier molecular flexibility index (Phi) is 20.3. The van der Waals surface area contributed by atoms with Crippen molar-refractivity contribution >= 4 is 23.8 Å². The van der Waals surface area contributed by atoms with E-state index in [1.807, 2.05) is 4.98 Å². The first-order valence-electron chi connectivity index (χ1n) is 20.9. The quantitative estimate of drug-likeness (QED) is 0.0358. The van der Waals surface area contributed by atoms with E-state index in [1.54, 1.807) is 0 Å². The number of rotatable bonds is 23. The lowest BCUT2D eigenvalue weighted by molar-refractivity contribution is -0.382. The molecule has 0 bridgehead atoms. The fraction of sp³-hybridized carbons (Fsp3) is 0.789. The molecule has 4 heterocycles. The predicted octanol–water partition coefficient (Wildman–Crippen LogP) is -6.48. The van der Waals surface area contributed by atoms with Crippen LogP contribution in [0.1, 0.15) is 68.8 Å². The maximum atomic E-state index is 13.4. The molecule has 27 heteroatoms. The molecule has 3 aliphatic rings. The number of aliphatic carboxylic acids is 1. The van der Waals surface area contributed by atoms with Gasteiger partial charge in [0.15, 0.2) is 12.6 Å². The highest BCUT2D eigenvalue weighted by molar-refractivity contribution is 5.92. The van der Waals surface area contributed by atoms with Gasteiger partial charge in [-0.3, -0.25) is 24.2 Å². The maximum Gasteiger partial charge on any atom is 0.364 e. The molecule has 27 nitrogen and oxygen atoms in total. The first kappa shape index (κ1) is 53.6. The van der Waals surface area contributed by atoms with E-state index in [4.69, 9.17) is 28.4 Å². The molecule has 0 saturated carbocycles. The number of carboxylic acids is 1. The number of nitrogens with one attached hydrogen (secondary N) is 4. The molecule has 16 atom stereocenters. The first-order chi connectivity index (χ1) is 30.8. The van der Waals surface area contributed by atoms with Gasteiger partial charge in [-0.05, 0) is 12.8 Å². The van der Waals surface area contributed by atoms with Crippen LogP contribution in [0.15, 0.2) is 15.7 Å². The lowest BCUT2D eigenvalue weighted by Gasteiger charge is -2.51. The minimum Gasteiger partial charge on any atom is -0.477 e. The van der Waals surface area contributed by atoms with E-state index in [1.165, 1.54) is 7.11 Å². The molecule has 65 heavy (non-hydrogen) atoms. The molecule has 370 valence electrons. The summed E-state index contributed by atoms with van der Waals surface area (Å²) in [5, 5.41) is 112. The standard InChI is InChI=1S/C38H60N4O23/c1-16(46)39-24-18(47)12-38(36(56)57,64-31(24)26(51)19(48)13-43)65-32-27(52)20(14-44)61-35(29(32)54)63-30-21(15-45)62-34(60-10-8-6-4-3-5-7-9-23(50)59-2)25(28(30)53)42-33(55)17-11-22(49)41-37(58)40-17/h11,18-21,24-32,34-35,43-45,47-48,51-54H,3-10,12-15H2,1-2H3,(H,39,46)(H,42,55)(H,56,57)(H2,40,41,49,58)/t18?,19?,20?,21?,24-,25?,26?,27+,28?,29?,30-,31?,32?,34-,35?,38+/m1/s1. The topological polar surface area (TPSA) is 425 Å². The third-order valence-electron chi connectivity index (χ3n) is 11.1. The SMILES string of the molecule is COC(=O)CCCCCCCCO[C@@H]1OC(CO)[C@@H](OC2OC(CO)[C@H](O)C(O[C@]3(C(=O)O)CC(O)[C@@H](NC(C)=O)C(C(O)C(O)CO)O3)C2O)C(O)C1NC(=O)c1cc(=O)[nH]c(=O)[nH]1. The zero-order valence-electron chi connectivity index (χ0n) is 35.5. The van der Waals surface area contributed by atoms with Crippen molar-refractivity contribution < 1.29 is 103 Å². The normalized spacial score (nSPS) is 33.7. The van der Waals surface area contributed by atoms with Crippen molar-refractivity contribution in [1.29, 1.82) is 0 Å². The molecular weight excluding hydrogens is 880 g/mol. The number of aliphatic hydroxyl groups excluding tert-OH is 9. The van der Waals surface area contributed by atoms with Crippen molar-refractivity contribution in [3.63, 3.8) is 0 Å². The molecule has 1 aromatic rings. The molecule has 1 aromatic heterocycles. The van der Waals surface area contributed by atoms with Gasteiger partial charge >= 0.3 is 17.6 Å². The van der Waals surface area contributed by atoms with Crippen LogP contribution >= 0.6 is 0 Å². The second-order valence-electron chi connectivity index (χ2n) is 15.8. The summed E-state index contributed by atoms with van der Waals surface area (Å²) in [4.78, 5) is 77.6. The van der Waals surface area contributed by atoms with Crippen LogP contribution in [-0.4, -0.2) is 216 Å². The summed E-state index contributed by atoms with van der Waals surface area (Å²) >= 11 is 0. The third kappa shape index (κ3) is 13.8. The van der Waals surface area contributed by atoms with Gasteiger partial charge in [0.05, 0.1) is 39.1 Å². The van der Waals surface area contributed by atoms with Gasteiger partial charge in [-0.15, -0.1) is 0 Å². The third-order valence-corrected chi connectivity index (χ3v) is 11.1. The van der Waals surface area contributed by atoms with Crippen LogP contribution in [0.2, 0.25) is 0 Å². The Morgan fingerprint density at radius 3 is 2.09 bits per heavy atom. The number of hydrogen-bond acceptors (Lipinski definition) is 22. The van der Waals surface area contributed by atoms with Crippen molar-refractivity contribution in [2.45, 2.75) is 156 Å². The maximum absolute atomic E-state index is 13.4. The molecule has 4 rings (SSSR count). The van der Waals surface area contributed by atoms with Gasteiger partial charge in [-0.1, -0.05) is 25.7 Å². The number of aromatic nitrogens is 2. The summed E-state index contributed by atoms with van der Waals surface area (Å²) in [5.74, 6) is -7.34. The summed E-state index contributed by atoms with van der Waals surface area (Å²) in [7, 11) is 1.31. The van der Waals surface area contributed by atoms with E-state index in [0.29, 0.717) is 25.7 Å². The van der Waals surface area contributed by atoms with Crippen LogP contribution in [0.5, 0.6) is 0 Å². The first-order valence-corrected chi connectivity index (χ1v) is 20.9. The van der Waals surface area contributed by atoms with Gasteiger partial charge in [0.1, 0.15) is 72.8 Å². The zero-order valence-corrected chi connectivity index (χ0v) is 35.5. The monoisotopic (exact) mass is 940 g/mol. The second kappa shape index (κ2) is 24.6. The number of ether oxygens (including phenoxy) is 7. The highest BCUT2D eigenvalue weighted by Crippen LogP contribution is 2.38. The number of carbonyl (C=O) groups is 4. The van der Waals surface area contributed by atoms with Crippen molar-refractivity contribution in [2.24, 2.45) is 0 Å². The van der Waals surface area contributed by atoms with Gasteiger partial charge in [-0.25, -0.2) is 9.59 Å². The average Bonchev–Trinajstić information content (AvgIpc) is 3.26. The minimum absolute atomic E-state index is 0.0124. The summed E-state index contributed by atoms with van der Waals surface area (Å²) in [6, 6.07) is -2.49. The van der Waals surface area contributed by atoms with Crippen LogP contribution < -0.4 is 21.9 Å². The van der Waals surface area contributed by atoms with Gasteiger partial charge < -0.3 is 99.8 Å². The molecule has 0 aliphatic carbocycles. The van der Waals surface area contributed by atoms with Gasteiger partial charge in [0.25, 0.3) is 17.3 Å². The number of aliphatic hydroxyl groups is 9. The Labute approximate surface area is 369 Å². The largest absolute Gasteiger partial charge is 0.477 e. The number of esters is 1. The van der Waals surface area contributed by atoms with E-state index < -0.39 is 159 Å². The van der Waals surface area contributed by atoms with Crippen molar-refractivity contribution in [2.75, 3.05) is 33.5 Å². The number of aromatic amines is 2. The van der Waals surface area contributed by atoms with Crippen LogP contribution in [0.3, 0.4) is 0 Å². The smallest absolute Gasteiger partial charge is 0.364 e. The summed E-state index contributed by atoms with van der Waals surface area (Å²) in [5.41, 5.74) is -2.53. The Bertz CT molecular complexity index is 1810. The molecule has 0 radical (unpaired) electrons. The Morgan fingerprint density at radius 1 is 0.846 bits per heavy atom. The lowest BCUT2D eigenvalue weighted by atomic mass is 9.88. The lowest BCUT2D eigenvalue weighted by Crippen LogP contribution is -2.71. The van der Waals surface area contributed by atoms with E-state index >= 15 is 0 Å². The number of methoxy groups -OCH3 is 1. The Hall–Kier alpha value is -4.04. The minimum atomic E-state index is -3.12. The molecule has 0 spiro atoms. The molecule has 3 aliphatic heterocycles. The fourth-order valence-corrected chi connectivity index (χ4v) is 7.66. The summed E-state index contributed by atoms with van der Waals surface area (Å²) in [6.45, 7) is -2.04. The van der Waals surface area contributed by atoms with Crippen molar-refractivity contribution in [1.82, 2.24) is 20.6 Å². The van der Waals surface area contributed by atoms with E-state index in [9.17, 15) is 79.8 Å². The van der Waals surface area contributed by atoms with Gasteiger partial charge in [0, 0.05) is 32.4 Å². The highest BCUT2D eigenvalue weighted by Gasteiger charge is 2.60. The molecular formula is C38H60N4O23. The highest BCUT2D eigenvalue weighted by atomic mass is 16.8. The van der Waals surface area contributed by atoms with Crippen LogP contribution in [0, 0.1) is 0 Å². The number of amides is 2. The van der Waals surface area contributed by atoms with Crippen molar-refractivity contribution in [3.8, 4) is 0 Å². The molecule has 0 aromatic carbocycles. The zero-order chi connectivity index (χ0) is 48.2. The second-order valence-corrected chi connectivity index (χ2v) is 15.8. The number of carboxylic acid groups (broad SMARTS) is 1. The van der Waals surface area contributed by atoms with E-state index in [0.717, 1.165) is 32.3 Å². The molecule has 2 amide bonds. The number of carbonyl (C=O) groups excluding carboxylic acids is 3. The van der Waals surface area contributed by atoms with Crippen LogP contribution in [0.4, 0.5) is 0 Å². The van der Waals surface area contributed by atoms with Gasteiger partial charge in [-0.2, -0.15) is 0 Å². The summed E-state index contributed by atoms with van der Waals surface area (Å²) in [6.07, 6.45) is -22.2. The number of hydrogen-bond donors (Lipinski definition) is 14. The molecule has 11 unspecified atom stereocenters. The fourth-order valence-electron chi connectivity index (χ4n) is 7.66. The molecule has 3 saturated heterocycles. The molecule has 14 N–H and O–H groups in total. The van der Waals surface area contributed by atoms with Gasteiger partial charge in [0.2, 0.25) is 5.91 Å². The van der Waals surface area contributed by atoms with Crippen LogP contribution in [-0.2, 0) is 47.5 Å². The van der Waals surface area contributed by atoms with Crippen LogP contribution in [0.25, 0.3) is 0 Å². The number of H-pyrrole nitrogens is 2. The Morgan fingerprint density at radius 2 is 1.49 bits per heavy atom. The van der Waals surface area contributed by atoms with Crippen molar-refractivity contribution in [3.05, 3.63) is 32.6 Å². The van der Waals surface area contributed by atoms with E-state index in [-0.39, 0.29) is 12.6 Å².